The maximum absolute atomic E-state index is 11.2. The van der Waals surface area contributed by atoms with Crippen LogP contribution < -0.4 is 0 Å². The highest BCUT2D eigenvalue weighted by atomic mass is 32.2. The molecule has 2 heterocycles. The van der Waals surface area contributed by atoms with Crippen molar-refractivity contribution in [2.45, 2.75) is 43.9 Å². The maximum atomic E-state index is 11.2. The van der Waals surface area contributed by atoms with Gasteiger partial charge in [-0.15, -0.1) is 5.10 Å². The first kappa shape index (κ1) is 12.3. The van der Waals surface area contributed by atoms with Crippen molar-refractivity contribution in [3.63, 3.8) is 0 Å². The molecule has 0 radical (unpaired) electrons. The number of rotatable bonds is 3. The molecule has 1 aromatic heterocycles. The van der Waals surface area contributed by atoms with Crippen molar-refractivity contribution >= 4 is 17.7 Å². The highest BCUT2D eigenvalue weighted by molar-refractivity contribution is 7.99. The average molecular weight is 256 g/mol. The molecule has 1 atom stereocenters. The zero-order chi connectivity index (χ0) is 12.5. The van der Waals surface area contributed by atoms with E-state index in [4.69, 9.17) is 0 Å². The van der Waals surface area contributed by atoms with Gasteiger partial charge >= 0.3 is 5.97 Å². The topological polar surface area (TPSA) is 80.9 Å². The van der Waals surface area contributed by atoms with Crippen molar-refractivity contribution in [3.05, 3.63) is 5.82 Å². The van der Waals surface area contributed by atoms with Crippen LogP contribution in [-0.2, 0) is 10.3 Å². The molecule has 0 spiro atoms. The highest BCUT2D eigenvalue weighted by Gasteiger charge is 2.35. The van der Waals surface area contributed by atoms with Crippen molar-refractivity contribution < 1.29 is 9.90 Å². The number of hydrogen-bond donors (Lipinski definition) is 1. The number of nitrogens with zero attached hydrogens (tertiary/aromatic N) is 4. The lowest BCUT2D eigenvalue weighted by atomic mass is 10.1. The van der Waals surface area contributed by atoms with Crippen LogP contribution in [0.4, 0.5) is 0 Å². The van der Waals surface area contributed by atoms with E-state index in [-0.39, 0.29) is 5.25 Å². The van der Waals surface area contributed by atoms with Gasteiger partial charge in [0.25, 0.3) is 0 Å². The third-order valence-electron chi connectivity index (χ3n) is 3.01. The molecule has 1 aliphatic rings. The van der Waals surface area contributed by atoms with Gasteiger partial charge in [0.15, 0.2) is 11.4 Å². The number of carbonyl (C=O) groups is 1. The second-order valence-electron chi connectivity index (χ2n) is 4.67. The summed E-state index contributed by atoms with van der Waals surface area (Å²) in [5, 5.41) is 20.9. The molecule has 17 heavy (non-hydrogen) atoms. The molecule has 1 aliphatic heterocycles. The molecule has 1 unspecified atom stereocenters. The van der Waals surface area contributed by atoms with Crippen molar-refractivity contribution in [3.8, 4) is 0 Å². The number of carboxylic acid groups (broad SMARTS) is 1. The molecule has 0 aromatic carbocycles. The largest absolute Gasteiger partial charge is 0.479 e. The Kier molecular flexibility index (Phi) is 3.37. The molecule has 2 rings (SSSR count). The summed E-state index contributed by atoms with van der Waals surface area (Å²) in [6, 6.07) is 0. The van der Waals surface area contributed by atoms with Crippen molar-refractivity contribution in [1.82, 2.24) is 20.2 Å². The van der Waals surface area contributed by atoms with E-state index in [9.17, 15) is 9.90 Å². The van der Waals surface area contributed by atoms with Gasteiger partial charge in [-0.3, -0.25) is 0 Å². The zero-order valence-electron chi connectivity index (χ0n) is 9.96. The number of aliphatic carboxylic acids is 1. The molecule has 0 amide bonds. The first-order chi connectivity index (χ1) is 8.03. The van der Waals surface area contributed by atoms with Crippen LogP contribution in [0.5, 0.6) is 0 Å². The summed E-state index contributed by atoms with van der Waals surface area (Å²) < 4.78 is 1.44. The second kappa shape index (κ2) is 4.64. The van der Waals surface area contributed by atoms with Gasteiger partial charge in [-0.05, 0) is 42.9 Å². The number of thioether (sulfide) groups is 1. The Balaban J connectivity index is 2.30. The minimum Gasteiger partial charge on any atom is -0.479 e. The standard InChI is InChI=1S/C10H16N4O2S/c1-10(2,9(15)16)14-8(11-12-13-14)7-5-3-4-6-17-7/h7H,3-6H2,1-2H3,(H,15,16). The summed E-state index contributed by atoms with van der Waals surface area (Å²) in [5.41, 5.74) is -1.10. The third kappa shape index (κ3) is 2.29. The minimum atomic E-state index is -1.10. The van der Waals surface area contributed by atoms with E-state index in [1.165, 1.54) is 11.1 Å². The first-order valence-corrected chi connectivity index (χ1v) is 6.72. The van der Waals surface area contributed by atoms with E-state index in [1.807, 2.05) is 0 Å². The van der Waals surface area contributed by atoms with Crippen LogP contribution >= 0.6 is 11.8 Å². The normalized spacial score (nSPS) is 21.4. The Hall–Kier alpha value is -1.11. The predicted octanol–water partition coefficient (Wildman–Crippen LogP) is 1.45. The monoisotopic (exact) mass is 256 g/mol. The van der Waals surface area contributed by atoms with Crippen LogP contribution in [0.1, 0.15) is 44.2 Å². The quantitative estimate of drug-likeness (QED) is 0.881. The Bertz CT molecular complexity index is 412. The van der Waals surface area contributed by atoms with Crippen molar-refractivity contribution in [2.24, 2.45) is 0 Å². The Morgan fingerprint density at radius 1 is 1.53 bits per heavy atom. The Labute approximate surface area is 104 Å². The van der Waals surface area contributed by atoms with E-state index in [1.54, 1.807) is 25.6 Å². The summed E-state index contributed by atoms with van der Waals surface area (Å²) in [7, 11) is 0. The molecule has 1 N–H and O–H groups in total. The van der Waals surface area contributed by atoms with Gasteiger partial charge in [0.05, 0.1) is 5.25 Å². The van der Waals surface area contributed by atoms with Crippen molar-refractivity contribution in [2.75, 3.05) is 5.75 Å². The van der Waals surface area contributed by atoms with Gasteiger partial charge in [0.1, 0.15) is 0 Å². The molecular weight excluding hydrogens is 240 g/mol. The Morgan fingerprint density at radius 2 is 2.29 bits per heavy atom. The summed E-state index contributed by atoms with van der Waals surface area (Å²) in [6.07, 6.45) is 3.38. The highest BCUT2D eigenvalue weighted by Crippen LogP contribution is 2.38. The molecule has 6 nitrogen and oxygen atoms in total. The van der Waals surface area contributed by atoms with E-state index >= 15 is 0 Å². The van der Waals surface area contributed by atoms with Crippen LogP contribution in [-0.4, -0.2) is 37.0 Å². The lowest BCUT2D eigenvalue weighted by Gasteiger charge is -2.25. The number of tetrazole rings is 1. The molecule has 1 aromatic rings. The Morgan fingerprint density at radius 3 is 2.88 bits per heavy atom. The second-order valence-corrected chi connectivity index (χ2v) is 5.98. The van der Waals surface area contributed by atoms with Crippen LogP contribution in [0, 0.1) is 0 Å². The van der Waals surface area contributed by atoms with Crippen molar-refractivity contribution in [1.29, 1.82) is 0 Å². The number of hydrogen-bond acceptors (Lipinski definition) is 5. The first-order valence-electron chi connectivity index (χ1n) is 5.67. The van der Waals surface area contributed by atoms with E-state index in [2.05, 4.69) is 15.5 Å². The van der Waals surface area contributed by atoms with E-state index < -0.39 is 11.5 Å². The summed E-state index contributed by atoms with van der Waals surface area (Å²) in [5.74, 6) is 0.847. The molecule has 1 saturated heterocycles. The molecule has 0 bridgehead atoms. The number of carboxylic acids is 1. The molecule has 0 aliphatic carbocycles. The van der Waals surface area contributed by atoms with Crippen LogP contribution in [0.25, 0.3) is 0 Å². The third-order valence-corrected chi connectivity index (χ3v) is 4.39. The van der Waals surface area contributed by atoms with E-state index in [0.717, 1.165) is 18.6 Å². The van der Waals surface area contributed by atoms with Gasteiger partial charge in [-0.2, -0.15) is 11.8 Å². The van der Waals surface area contributed by atoms with Gasteiger partial charge in [-0.25, -0.2) is 9.48 Å². The minimum absolute atomic E-state index is 0.220. The molecule has 1 fully saturated rings. The van der Waals surface area contributed by atoms with E-state index in [0.29, 0.717) is 5.82 Å². The zero-order valence-corrected chi connectivity index (χ0v) is 10.8. The summed E-state index contributed by atoms with van der Waals surface area (Å²) in [4.78, 5) is 11.2. The molecular formula is C10H16N4O2S. The fourth-order valence-corrected chi connectivity index (χ4v) is 3.11. The smallest absolute Gasteiger partial charge is 0.331 e. The van der Waals surface area contributed by atoms with Crippen LogP contribution in [0.2, 0.25) is 0 Å². The van der Waals surface area contributed by atoms with Crippen LogP contribution in [0.15, 0.2) is 0 Å². The fourth-order valence-electron chi connectivity index (χ4n) is 1.83. The maximum Gasteiger partial charge on any atom is 0.331 e. The SMILES string of the molecule is CC(C)(C(=O)O)n1nnnc1C1CCCCS1. The molecule has 0 saturated carbocycles. The molecule has 7 heteroatoms. The predicted molar refractivity (Wildman–Crippen MR) is 63.8 cm³/mol. The van der Waals surface area contributed by atoms with Gasteiger partial charge in [0.2, 0.25) is 0 Å². The summed E-state index contributed by atoms with van der Waals surface area (Å²) >= 11 is 1.81. The van der Waals surface area contributed by atoms with Crippen LogP contribution in [0.3, 0.4) is 0 Å². The molecule has 94 valence electrons. The fraction of sp³-hybridized carbons (Fsp3) is 0.800. The lowest BCUT2D eigenvalue weighted by molar-refractivity contribution is -0.146. The van der Waals surface area contributed by atoms with Gasteiger partial charge in [-0.1, -0.05) is 6.42 Å². The van der Waals surface area contributed by atoms with Gasteiger partial charge < -0.3 is 5.11 Å². The number of aromatic nitrogens is 4. The lowest BCUT2D eigenvalue weighted by Crippen LogP contribution is -2.38. The average Bonchev–Trinajstić information content (AvgIpc) is 2.79. The summed E-state index contributed by atoms with van der Waals surface area (Å²) in [6.45, 7) is 3.23. The van der Waals surface area contributed by atoms with Gasteiger partial charge in [0, 0.05) is 0 Å².